The molecule has 2 bridgehead atoms. The Labute approximate surface area is 281 Å². The molecule has 0 unspecified atom stereocenters. The molecule has 2 aromatic rings. The lowest BCUT2D eigenvalue weighted by Gasteiger charge is -2.30. The van der Waals surface area contributed by atoms with Crippen LogP contribution in [0.15, 0.2) is 54.6 Å². The van der Waals surface area contributed by atoms with E-state index in [4.69, 9.17) is 4.74 Å². The van der Waals surface area contributed by atoms with Crippen molar-refractivity contribution in [1.29, 1.82) is 0 Å². The van der Waals surface area contributed by atoms with Crippen LogP contribution in [0.2, 0.25) is 0 Å². The zero-order chi connectivity index (χ0) is 34.4. The quantitative estimate of drug-likeness (QED) is 0.349. The first-order valence-electron chi connectivity index (χ1n) is 16.9. The second kappa shape index (κ2) is 15.6. The Morgan fingerprint density at radius 1 is 0.938 bits per heavy atom. The van der Waals surface area contributed by atoms with E-state index in [0.717, 1.165) is 24.0 Å². The number of likely N-dealkylation sites (tertiary alicyclic amines) is 1. The Morgan fingerprint density at radius 3 is 2.38 bits per heavy atom. The fraction of sp³-hybridized carbons (Fsp3) is 0.528. The summed E-state index contributed by atoms with van der Waals surface area (Å²) in [6.45, 7) is 5.58. The average molecular weight is 662 g/mol. The number of hydrogen-bond acceptors (Lipinski definition) is 7. The molecular formula is C36H47N5O7. The van der Waals surface area contributed by atoms with Crippen molar-refractivity contribution in [3.8, 4) is 5.75 Å². The number of nitrogens with one attached hydrogen (secondary N) is 3. The molecule has 0 aromatic heterocycles. The molecule has 258 valence electrons. The topological polar surface area (TPSA) is 157 Å². The van der Waals surface area contributed by atoms with Gasteiger partial charge in [0.1, 0.15) is 17.8 Å². The molecule has 2 aliphatic heterocycles. The van der Waals surface area contributed by atoms with Crippen molar-refractivity contribution in [3.05, 3.63) is 65.7 Å². The zero-order valence-electron chi connectivity index (χ0n) is 27.9. The number of fused-ring (bicyclic) bond motifs is 4. The first-order valence-corrected chi connectivity index (χ1v) is 16.9. The minimum absolute atomic E-state index is 0.00329. The zero-order valence-corrected chi connectivity index (χ0v) is 27.9. The lowest BCUT2D eigenvalue weighted by atomic mass is 9.93. The Balaban J connectivity index is 1.49. The summed E-state index contributed by atoms with van der Waals surface area (Å²) in [4.78, 5) is 70.7. The standard InChI is InChI=1S/C36H47N5O7/c1-22(2)14-33(45)40-18-28-26-10-7-11-27(16-26)48-21-32(44)39-34(23(3)42)36(47)41(17-25-12-13-25)20-31(43)37-29(35(46)38-30(28)19-40)15-24-8-5-4-6-9-24/h4-11,16,22-23,25,28-30,34,42H,12-15,17-21H2,1-3H3,(H,37,43)(H,38,46)(H,39,44)/t23-,28-,29+,30+,34+/m1/s1. The SMILES string of the molecule is CC(C)CC(=O)N1C[C@@H]2NC(=O)[C@H](Cc3ccccc3)NC(=O)CN(CC3CC3)C(=O)[C@H]([C@@H](C)O)NC(=O)COc3cccc(c3)[C@H]2C1. The highest BCUT2D eigenvalue weighted by molar-refractivity contribution is 5.93. The summed E-state index contributed by atoms with van der Waals surface area (Å²) >= 11 is 0. The van der Waals surface area contributed by atoms with Gasteiger partial charge in [-0.3, -0.25) is 24.0 Å². The van der Waals surface area contributed by atoms with Crippen LogP contribution in [-0.4, -0.2) is 101 Å². The number of carbonyl (C=O) groups excluding carboxylic acids is 5. The Bertz CT molecular complexity index is 1480. The van der Waals surface area contributed by atoms with Gasteiger partial charge >= 0.3 is 0 Å². The van der Waals surface area contributed by atoms with E-state index in [-0.39, 0.29) is 43.2 Å². The smallest absolute Gasteiger partial charge is 0.258 e. The number of rotatable bonds is 7. The lowest BCUT2D eigenvalue weighted by molar-refractivity contribution is -0.143. The highest BCUT2D eigenvalue weighted by Gasteiger charge is 2.39. The van der Waals surface area contributed by atoms with Crippen molar-refractivity contribution in [2.75, 3.05) is 32.8 Å². The minimum Gasteiger partial charge on any atom is -0.484 e. The van der Waals surface area contributed by atoms with Gasteiger partial charge in [-0.15, -0.1) is 0 Å². The summed E-state index contributed by atoms with van der Waals surface area (Å²) in [5.74, 6) is -1.62. The van der Waals surface area contributed by atoms with Crippen LogP contribution < -0.4 is 20.7 Å². The van der Waals surface area contributed by atoms with Crippen LogP contribution in [0, 0.1) is 11.8 Å². The number of aliphatic hydroxyl groups is 1. The Morgan fingerprint density at radius 2 is 1.69 bits per heavy atom. The Kier molecular flexibility index (Phi) is 11.4. The van der Waals surface area contributed by atoms with Gasteiger partial charge in [0.25, 0.3) is 5.91 Å². The summed E-state index contributed by atoms with van der Waals surface area (Å²) < 4.78 is 5.82. The molecule has 4 N–H and O–H groups in total. The lowest BCUT2D eigenvalue weighted by Crippen LogP contribution is -2.58. The first-order chi connectivity index (χ1) is 23.0. The molecule has 12 nitrogen and oxygen atoms in total. The molecule has 1 aliphatic carbocycles. The molecule has 2 heterocycles. The second-order valence-electron chi connectivity index (χ2n) is 13.7. The number of aliphatic hydroxyl groups excluding tert-OH is 1. The van der Waals surface area contributed by atoms with Gasteiger partial charge < -0.3 is 35.6 Å². The molecule has 0 radical (unpaired) electrons. The molecule has 12 heteroatoms. The van der Waals surface area contributed by atoms with Gasteiger partial charge in [-0.2, -0.15) is 0 Å². The van der Waals surface area contributed by atoms with Gasteiger partial charge in [0.2, 0.25) is 23.6 Å². The molecule has 1 saturated carbocycles. The molecule has 48 heavy (non-hydrogen) atoms. The number of ether oxygens (including phenoxy) is 1. The summed E-state index contributed by atoms with van der Waals surface area (Å²) in [5.41, 5.74) is 1.65. The maximum atomic E-state index is 14.1. The van der Waals surface area contributed by atoms with E-state index in [1.54, 1.807) is 23.1 Å². The van der Waals surface area contributed by atoms with Crippen LogP contribution in [0.1, 0.15) is 57.1 Å². The van der Waals surface area contributed by atoms with E-state index in [0.29, 0.717) is 25.3 Å². The van der Waals surface area contributed by atoms with Gasteiger partial charge in [-0.25, -0.2) is 0 Å². The molecule has 5 rings (SSSR count). The third-order valence-corrected chi connectivity index (χ3v) is 9.06. The fourth-order valence-corrected chi connectivity index (χ4v) is 6.35. The van der Waals surface area contributed by atoms with E-state index in [2.05, 4.69) is 16.0 Å². The maximum absolute atomic E-state index is 14.1. The van der Waals surface area contributed by atoms with Gasteiger partial charge in [0.15, 0.2) is 6.61 Å². The molecule has 5 amide bonds. The molecule has 0 spiro atoms. The van der Waals surface area contributed by atoms with Crippen molar-refractivity contribution in [2.24, 2.45) is 11.8 Å². The van der Waals surface area contributed by atoms with Gasteiger partial charge in [-0.1, -0.05) is 56.3 Å². The fourth-order valence-electron chi connectivity index (χ4n) is 6.35. The van der Waals surface area contributed by atoms with Crippen LogP contribution >= 0.6 is 0 Å². The molecule has 2 fully saturated rings. The van der Waals surface area contributed by atoms with Crippen LogP contribution in [0.3, 0.4) is 0 Å². The highest BCUT2D eigenvalue weighted by Crippen LogP contribution is 2.32. The summed E-state index contributed by atoms with van der Waals surface area (Å²) in [6, 6.07) is 13.8. The van der Waals surface area contributed by atoms with Crippen LogP contribution in [0.4, 0.5) is 0 Å². The van der Waals surface area contributed by atoms with Crippen molar-refractivity contribution in [2.45, 2.75) is 76.6 Å². The second-order valence-corrected chi connectivity index (χ2v) is 13.7. The molecule has 2 aromatic carbocycles. The summed E-state index contributed by atoms with van der Waals surface area (Å²) in [5, 5.41) is 19.1. The van der Waals surface area contributed by atoms with Crippen LogP contribution in [0.5, 0.6) is 5.75 Å². The molecule has 3 aliphatic rings. The summed E-state index contributed by atoms with van der Waals surface area (Å²) in [7, 11) is 0. The van der Waals surface area contributed by atoms with E-state index in [1.165, 1.54) is 11.8 Å². The predicted octanol–water partition coefficient (Wildman–Crippen LogP) is 1.37. The number of hydrogen-bond donors (Lipinski definition) is 4. The third kappa shape index (κ3) is 9.33. The molecule has 1 saturated heterocycles. The normalized spacial score (nSPS) is 24.9. The Hall–Kier alpha value is -4.45. The number of nitrogens with zero attached hydrogens (tertiary/aromatic N) is 2. The first kappa shape index (κ1) is 34.9. The van der Waals surface area contributed by atoms with Gasteiger partial charge in [0.05, 0.1) is 18.7 Å². The minimum atomic E-state index is -1.30. The third-order valence-electron chi connectivity index (χ3n) is 9.06. The highest BCUT2D eigenvalue weighted by atomic mass is 16.5. The number of benzene rings is 2. The maximum Gasteiger partial charge on any atom is 0.258 e. The average Bonchev–Trinajstić information content (AvgIpc) is 3.77. The van der Waals surface area contributed by atoms with Crippen LogP contribution in [0.25, 0.3) is 0 Å². The van der Waals surface area contributed by atoms with E-state index >= 15 is 0 Å². The molecule has 5 atom stereocenters. The van der Waals surface area contributed by atoms with Crippen molar-refractivity contribution in [1.82, 2.24) is 25.8 Å². The van der Waals surface area contributed by atoms with Gasteiger partial charge in [0, 0.05) is 38.4 Å². The van der Waals surface area contributed by atoms with E-state index in [1.807, 2.05) is 50.2 Å². The van der Waals surface area contributed by atoms with Crippen molar-refractivity contribution in [3.63, 3.8) is 0 Å². The largest absolute Gasteiger partial charge is 0.484 e. The van der Waals surface area contributed by atoms with Gasteiger partial charge in [-0.05, 0) is 54.9 Å². The van der Waals surface area contributed by atoms with E-state index < -0.39 is 54.5 Å². The number of carbonyl (C=O) groups is 5. The van der Waals surface area contributed by atoms with Crippen molar-refractivity contribution < 1.29 is 33.8 Å². The molecular weight excluding hydrogens is 614 g/mol. The number of amides is 5. The van der Waals surface area contributed by atoms with Crippen LogP contribution in [-0.2, 0) is 30.4 Å². The monoisotopic (exact) mass is 661 g/mol. The van der Waals surface area contributed by atoms with Crippen molar-refractivity contribution >= 4 is 29.5 Å². The summed E-state index contributed by atoms with van der Waals surface area (Å²) in [6.07, 6.45) is 1.15. The predicted molar refractivity (Wildman–Crippen MR) is 178 cm³/mol. The van der Waals surface area contributed by atoms with E-state index in [9.17, 15) is 29.1 Å².